The molecule has 0 N–H and O–H groups in total. The summed E-state index contributed by atoms with van der Waals surface area (Å²) in [5, 5.41) is 0. The van der Waals surface area contributed by atoms with Crippen LogP contribution in [-0.4, -0.2) is 108 Å². The highest BCUT2D eigenvalue weighted by Gasteiger charge is 2.25. The van der Waals surface area contributed by atoms with Crippen molar-refractivity contribution in [1.29, 1.82) is 0 Å². The van der Waals surface area contributed by atoms with E-state index in [0.717, 1.165) is 103 Å². The molecule has 0 saturated carbocycles. The van der Waals surface area contributed by atoms with Crippen molar-refractivity contribution >= 4 is 29.0 Å². The molecule has 0 amide bonds. The smallest absolute Gasteiger partial charge is 0.229 e. The first kappa shape index (κ1) is 28.6. The fourth-order valence-electron chi connectivity index (χ4n) is 6.19. The van der Waals surface area contributed by atoms with E-state index >= 15 is 0 Å². The lowest BCUT2D eigenvalue weighted by Crippen LogP contribution is -2.48. The number of piperazine rings is 2. The van der Waals surface area contributed by atoms with Gasteiger partial charge in [-0.2, -0.15) is 9.97 Å². The second-order valence-corrected chi connectivity index (χ2v) is 12.0. The van der Waals surface area contributed by atoms with Crippen LogP contribution in [-0.2, 0) is 11.3 Å². The highest BCUT2D eigenvalue weighted by atomic mass is 16.5. The molecule has 3 aliphatic rings. The van der Waals surface area contributed by atoms with E-state index in [-0.39, 0.29) is 0 Å². The Morgan fingerprint density at radius 1 is 0.690 bits per heavy atom. The third kappa shape index (κ3) is 6.42. The summed E-state index contributed by atoms with van der Waals surface area (Å²) in [5.41, 5.74) is 6.70. The molecule has 224 valence electrons. The third-order valence-electron chi connectivity index (χ3n) is 9.06. The summed E-state index contributed by atoms with van der Waals surface area (Å²) >= 11 is 0. The van der Waals surface area contributed by atoms with Crippen LogP contribution in [0.1, 0.15) is 16.7 Å². The molecule has 3 fully saturated rings. The standard InChI is InChI=1S/C33H46N8O/c1-26-6-5-7-30(27(26)2)38-16-18-39(19-17-38)31-24-32(40-20-22-42-23-21-40)35-33(34-31)41-14-12-37(13-15-41)25-28-8-10-29(11-9-28)36(3)4/h5-11,24H,12-23,25H2,1-4H3. The minimum absolute atomic E-state index is 0.747. The summed E-state index contributed by atoms with van der Waals surface area (Å²) in [6.45, 7) is 16.4. The van der Waals surface area contributed by atoms with Gasteiger partial charge < -0.3 is 29.2 Å². The zero-order chi connectivity index (χ0) is 29.1. The van der Waals surface area contributed by atoms with Gasteiger partial charge in [0.05, 0.1) is 13.2 Å². The maximum absolute atomic E-state index is 5.65. The molecule has 3 aliphatic heterocycles. The van der Waals surface area contributed by atoms with E-state index in [2.05, 4.69) is 106 Å². The summed E-state index contributed by atoms with van der Waals surface area (Å²) in [6.07, 6.45) is 0. The molecule has 2 aromatic carbocycles. The van der Waals surface area contributed by atoms with Crippen LogP contribution in [0.2, 0.25) is 0 Å². The molecule has 9 heteroatoms. The highest BCUT2D eigenvalue weighted by Crippen LogP contribution is 2.28. The van der Waals surface area contributed by atoms with Gasteiger partial charge >= 0.3 is 0 Å². The van der Waals surface area contributed by atoms with Gasteiger partial charge in [0.25, 0.3) is 0 Å². The number of benzene rings is 2. The summed E-state index contributed by atoms with van der Waals surface area (Å²) < 4.78 is 5.65. The number of morpholine rings is 1. The van der Waals surface area contributed by atoms with Crippen LogP contribution in [0.25, 0.3) is 0 Å². The average molecular weight is 571 g/mol. The summed E-state index contributed by atoms with van der Waals surface area (Å²) in [4.78, 5) is 24.7. The number of ether oxygens (including phenoxy) is 1. The van der Waals surface area contributed by atoms with Crippen LogP contribution in [0.4, 0.5) is 29.0 Å². The SMILES string of the molecule is Cc1cccc(N2CCN(c3cc(N4CCOCC4)nc(N4CCN(Cc5ccc(N(C)C)cc5)CC4)n3)CC2)c1C. The van der Waals surface area contributed by atoms with Gasteiger partial charge in [0.2, 0.25) is 5.95 Å². The van der Waals surface area contributed by atoms with E-state index in [1.165, 1.54) is 28.1 Å². The first-order chi connectivity index (χ1) is 20.4. The van der Waals surface area contributed by atoms with E-state index in [1.54, 1.807) is 0 Å². The van der Waals surface area contributed by atoms with Crippen molar-refractivity contribution in [3.63, 3.8) is 0 Å². The molecule has 0 aliphatic carbocycles. The van der Waals surface area contributed by atoms with Gasteiger partial charge in [0.15, 0.2) is 0 Å². The first-order valence-electron chi connectivity index (χ1n) is 15.5. The molecule has 42 heavy (non-hydrogen) atoms. The average Bonchev–Trinajstić information content (AvgIpc) is 3.03. The molecule has 0 unspecified atom stereocenters. The number of aromatic nitrogens is 2. The molecular weight excluding hydrogens is 524 g/mol. The minimum atomic E-state index is 0.747. The molecule has 3 aromatic rings. The lowest BCUT2D eigenvalue weighted by molar-refractivity contribution is 0.122. The molecule has 0 radical (unpaired) electrons. The molecule has 6 rings (SSSR count). The van der Waals surface area contributed by atoms with Crippen molar-refractivity contribution in [3.05, 3.63) is 65.2 Å². The number of hydrogen-bond donors (Lipinski definition) is 0. The Kier molecular flexibility index (Phi) is 8.67. The van der Waals surface area contributed by atoms with E-state index in [0.29, 0.717) is 0 Å². The first-order valence-corrected chi connectivity index (χ1v) is 15.5. The maximum atomic E-state index is 5.65. The Labute approximate surface area is 251 Å². The molecular formula is C33H46N8O. The topological polar surface area (TPSA) is 54.5 Å². The lowest BCUT2D eigenvalue weighted by atomic mass is 10.1. The van der Waals surface area contributed by atoms with Crippen molar-refractivity contribution in [2.75, 3.05) is 117 Å². The van der Waals surface area contributed by atoms with Crippen LogP contribution < -0.4 is 24.5 Å². The fraction of sp³-hybridized carbons (Fsp3) is 0.515. The van der Waals surface area contributed by atoms with Crippen molar-refractivity contribution in [1.82, 2.24) is 14.9 Å². The van der Waals surface area contributed by atoms with Crippen LogP contribution in [0.3, 0.4) is 0 Å². The Hall–Kier alpha value is -3.56. The second kappa shape index (κ2) is 12.8. The van der Waals surface area contributed by atoms with Crippen LogP contribution in [0.15, 0.2) is 48.5 Å². The van der Waals surface area contributed by atoms with Crippen molar-refractivity contribution < 1.29 is 4.74 Å². The molecule has 1 aromatic heterocycles. The predicted octanol–water partition coefficient (Wildman–Crippen LogP) is 3.64. The van der Waals surface area contributed by atoms with E-state index in [4.69, 9.17) is 14.7 Å². The normalized spacial score (nSPS) is 18.5. The Morgan fingerprint density at radius 2 is 1.29 bits per heavy atom. The zero-order valence-corrected chi connectivity index (χ0v) is 25.8. The number of aryl methyl sites for hydroxylation is 1. The van der Waals surface area contributed by atoms with Gasteiger partial charge in [-0.15, -0.1) is 0 Å². The van der Waals surface area contributed by atoms with Crippen molar-refractivity contribution in [2.45, 2.75) is 20.4 Å². The minimum Gasteiger partial charge on any atom is -0.378 e. The Balaban J connectivity index is 1.14. The summed E-state index contributed by atoms with van der Waals surface area (Å²) in [7, 11) is 4.17. The van der Waals surface area contributed by atoms with Gasteiger partial charge in [-0.3, -0.25) is 4.90 Å². The van der Waals surface area contributed by atoms with E-state index in [1.807, 2.05) is 0 Å². The third-order valence-corrected chi connectivity index (χ3v) is 9.06. The summed E-state index contributed by atoms with van der Waals surface area (Å²) in [6, 6.07) is 17.8. The molecule has 0 spiro atoms. The van der Waals surface area contributed by atoms with Crippen LogP contribution >= 0.6 is 0 Å². The van der Waals surface area contributed by atoms with Gasteiger partial charge in [-0.25, -0.2) is 0 Å². The molecule has 4 heterocycles. The Bertz CT molecular complexity index is 1320. The van der Waals surface area contributed by atoms with Crippen molar-refractivity contribution in [3.8, 4) is 0 Å². The maximum Gasteiger partial charge on any atom is 0.229 e. The van der Waals surface area contributed by atoms with Gasteiger partial charge in [0, 0.05) is 104 Å². The van der Waals surface area contributed by atoms with E-state index in [9.17, 15) is 0 Å². The van der Waals surface area contributed by atoms with Crippen LogP contribution in [0.5, 0.6) is 0 Å². The van der Waals surface area contributed by atoms with Gasteiger partial charge in [0.1, 0.15) is 11.6 Å². The zero-order valence-electron chi connectivity index (χ0n) is 25.8. The monoisotopic (exact) mass is 570 g/mol. The van der Waals surface area contributed by atoms with Gasteiger partial charge in [-0.05, 0) is 48.7 Å². The fourth-order valence-corrected chi connectivity index (χ4v) is 6.19. The van der Waals surface area contributed by atoms with Gasteiger partial charge in [-0.1, -0.05) is 24.3 Å². The van der Waals surface area contributed by atoms with E-state index < -0.39 is 0 Å². The summed E-state index contributed by atoms with van der Waals surface area (Å²) in [5.74, 6) is 2.94. The second-order valence-electron chi connectivity index (χ2n) is 12.0. The molecule has 0 bridgehead atoms. The number of hydrogen-bond acceptors (Lipinski definition) is 9. The molecule has 9 nitrogen and oxygen atoms in total. The van der Waals surface area contributed by atoms with Crippen molar-refractivity contribution in [2.24, 2.45) is 0 Å². The quantitative estimate of drug-likeness (QED) is 0.424. The molecule has 0 atom stereocenters. The van der Waals surface area contributed by atoms with Crippen LogP contribution in [0, 0.1) is 13.8 Å². The largest absolute Gasteiger partial charge is 0.378 e. The lowest BCUT2D eigenvalue weighted by Gasteiger charge is -2.39. The number of nitrogens with zero attached hydrogens (tertiary/aromatic N) is 8. The predicted molar refractivity (Wildman–Crippen MR) is 174 cm³/mol. The number of rotatable bonds is 7. The Morgan fingerprint density at radius 3 is 1.93 bits per heavy atom. The molecule has 3 saturated heterocycles. The number of anilines is 5. The highest BCUT2D eigenvalue weighted by molar-refractivity contribution is 5.59.